The van der Waals surface area contributed by atoms with E-state index < -0.39 is 18.2 Å². The van der Waals surface area contributed by atoms with E-state index >= 15 is 0 Å². The van der Waals surface area contributed by atoms with Gasteiger partial charge in [-0.3, -0.25) is 9.59 Å². The molecule has 3 N–H and O–H groups in total. The number of esters is 1. The van der Waals surface area contributed by atoms with Crippen LogP contribution in [0.3, 0.4) is 0 Å². The zero-order valence-electron chi connectivity index (χ0n) is 38.8. The van der Waals surface area contributed by atoms with Crippen LogP contribution in [0.5, 0.6) is 0 Å². The Balaban J connectivity index is 4.77. The standard InChI is InChI=1S/C54H91NO5/c1-4-7-10-13-16-19-21-23-25-26-28-29-31-34-36-39-42-45-50(48-53(58)55-51(49-56)52(57)46-43-40-37-33-18-15-12-9-6-3)60-54(59)47-44-41-38-35-32-30-27-24-22-20-17-14-11-8-5-2/h8,11,14,16-17,19-20,22-25,27-29,34,36,50-52,56-57H,4-7,9-10,12-13,15,18,21,26,30-33,35,37-49H2,1-3H3,(H,55,58)/b11-8+,17-14+,19-16-,22-20+,25-23-,27-24-,29-28-,36-34-. The highest BCUT2D eigenvalue weighted by atomic mass is 16.5. The summed E-state index contributed by atoms with van der Waals surface area (Å²) < 4.78 is 5.88. The first kappa shape index (κ1) is 56.8. The number of hydrogen-bond acceptors (Lipinski definition) is 5. The normalized spacial score (nSPS) is 14.2. The van der Waals surface area contributed by atoms with Crippen molar-refractivity contribution in [1.82, 2.24) is 5.32 Å². The molecular weight excluding hydrogens is 743 g/mol. The van der Waals surface area contributed by atoms with Crippen LogP contribution < -0.4 is 5.32 Å². The third-order valence-corrected chi connectivity index (χ3v) is 10.5. The van der Waals surface area contributed by atoms with Crippen LogP contribution in [0.15, 0.2) is 97.2 Å². The first-order valence-corrected chi connectivity index (χ1v) is 24.5. The summed E-state index contributed by atoms with van der Waals surface area (Å²) in [7, 11) is 0. The van der Waals surface area contributed by atoms with Crippen LogP contribution in [0.1, 0.15) is 207 Å². The highest BCUT2D eigenvalue weighted by molar-refractivity contribution is 5.77. The van der Waals surface area contributed by atoms with E-state index in [-0.39, 0.29) is 24.9 Å². The maximum absolute atomic E-state index is 13.2. The van der Waals surface area contributed by atoms with E-state index in [2.05, 4.69) is 105 Å². The highest BCUT2D eigenvalue weighted by Gasteiger charge is 2.24. The van der Waals surface area contributed by atoms with Gasteiger partial charge in [-0.1, -0.05) is 208 Å². The molecule has 0 aromatic carbocycles. The predicted molar refractivity (Wildman–Crippen MR) is 259 cm³/mol. The lowest BCUT2D eigenvalue weighted by atomic mass is 10.0. The van der Waals surface area contributed by atoms with Crippen molar-refractivity contribution in [2.24, 2.45) is 0 Å². The molecule has 0 aliphatic heterocycles. The molecule has 0 aromatic heterocycles. The van der Waals surface area contributed by atoms with Crippen molar-refractivity contribution in [3.05, 3.63) is 97.2 Å². The van der Waals surface area contributed by atoms with Crippen LogP contribution in [0.2, 0.25) is 0 Å². The van der Waals surface area contributed by atoms with E-state index in [1.54, 1.807) is 0 Å². The topological polar surface area (TPSA) is 95.9 Å². The summed E-state index contributed by atoms with van der Waals surface area (Å²) in [6.07, 6.45) is 61.8. The van der Waals surface area contributed by atoms with Gasteiger partial charge in [-0.05, 0) is 83.5 Å². The molecule has 0 saturated heterocycles. The molecule has 0 saturated carbocycles. The Morgan fingerprint density at radius 1 is 0.517 bits per heavy atom. The SMILES string of the molecule is CC/C=C/C=C/C=C/C=C\CCCCCCCC(=O)OC(CCC/C=C\C/C=C\C/C=C\C/C=C\CCCCC)CC(=O)NC(CO)C(O)CCCCCCCCCCC. The summed E-state index contributed by atoms with van der Waals surface area (Å²) in [4.78, 5) is 26.1. The lowest BCUT2D eigenvalue weighted by Crippen LogP contribution is -2.46. The molecular formula is C54H91NO5. The van der Waals surface area contributed by atoms with Crippen molar-refractivity contribution in [3.63, 3.8) is 0 Å². The number of hydrogen-bond donors (Lipinski definition) is 3. The predicted octanol–water partition coefficient (Wildman–Crippen LogP) is 14.6. The monoisotopic (exact) mass is 834 g/mol. The molecule has 6 nitrogen and oxygen atoms in total. The van der Waals surface area contributed by atoms with Gasteiger partial charge in [0.1, 0.15) is 6.10 Å². The van der Waals surface area contributed by atoms with Gasteiger partial charge in [0.2, 0.25) is 5.91 Å². The summed E-state index contributed by atoms with van der Waals surface area (Å²) in [6.45, 7) is 6.26. The van der Waals surface area contributed by atoms with Crippen LogP contribution in [0.25, 0.3) is 0 Å². The van der Waals surface area contributed by atoms with E-state index in [0.29, 0.717) is 19.3 Å². The van der Waals surface area contributed by atoms with Gasteiger partial charge in [-0.15, -0.1) is 0 Å². The highest BCUT2D eigenvalue weighted by Crippen LogP contribution is 2.16. The zero-order chi connectivity index (χ0) is 43.8. The molecule has 0 aliphatic carbocycles. The second-order valence-electron chi connectivity index (χ2n) is 16.2. The third-order valence-electron chi connectivity index (χ3n) is 10.5. The van der Waals surface area contributed by atoms with Gasteiger partial charge in [-0.2, -0.15) is 0 Å². The number of allylic oxidation sites excluding steroid dienone is 16. The number of carbonyl (C=O) groups is 2. The molecule has 0 rings (SSSR count). The van der Waals surface area contributed by atoms with Crippen LogP contribution in [0.4, 0.5) is 0 Å². The molecule has 3 unspecified atom stereocenters. The number of rotatable bonds is 42. The Morgan fingerprint density at radius 3 is 1.58 bits per heavy atom. The molecule has 342 valence electrons. The van der Waals surface area contributed by atoms with Gasteiger partial charge in [0.05, 0.1) is 25.2 Å². The molecule has 0 spiro atoms. The Hall–Kier alpha value is -3.22. The fourth-order valence-corrected chi connectivity index (χ4v) is 6.78. The largest absolute Gasteiger partial charge is 0.462 e. The van der Waals surface area contributed by atoms with Crippen LogP contribution >= 0.6 is 0 Å². The molecule has 1 amide bonds. The minimum Gasteiger partial charge on any atom is -0.462 e. The maximum Gasteiger partial charge on any atom is 0.306 e. The first-order chi connectivity index (χ1) is 29.5. The van der Waals surface area contributed by atoms with E-state index in [1.807, 2.05) is 18.2 Å². The van der Waals surface area contributed by atoms with Crippen LogP contribution in [0, 0.1) is 0 Å². The van der Waals surface area contributed by atoms with Crippen molar-refractivity contribution < 1.29 is 24.5 Å². The third kappa shape index (κ3) is 41.5. The lowest BCUT2D eigenvalue weighted by molar-refractivity contribution is -0.151. The van der Waals surface area contributed by atoms with Crippen molar-refractivity contribution in [2.45, 2.75) is 225 Å². The molecule has 0 bridgehead atoms. The smallest absolute Gasteiger partial charge is 0.306 e. The molecule has 0 aromatic rings. The number of amides is 1. The van der Waals surface area contributed by atoms with Crippen LogP contribution in [-0.4, -0.2) is 46.9 Å². The number of ether oxygens (including phenoxy) is 1. The number of aliphatic hydroxyl groups is 2. The molecule has 6 heteroatoms. The van der Waals surface area contributed by atoms with Gasteiger partial charge < -0.3 is 20.3 Å². The molecule has 0 heterocycles. The minimum atomic E-state index is -0.810. The Bertz CT molecular complexity index is 1210. The van der Waals surface area contributed by atoms with E-state index in [9.17, 15) is 19.8 Å². The molecule has 60 heavy (non-hydrogen) atoms. The van der Waals surface area contributed by atoms with E-state index in [4.69, 9.17) is 4.74 Å². The molecule has 3 atom stereocenters. The molecule has 0 aliphatic rings. The van der Waals surface area contributed by atoms with E-state index in [0.717, 1.165) is 96.3 Å². The maximum atomic E-state index is 13.2. The van der Waals surface area contributed by atoms with Crippen molar-refractivity contribution >= 4 is 11.9 Å². The van der Waals surface area contributed by atoms with Gasteiger partial charge in [0.25, 0.3) is 0 Å². The Morgan fingerprint density at radius 2 is 0.983 bits per heavy atom. The average Bonchev–Trinajstić information content (AvgIpc) is 3.24. The number of aliphatic hydroxyl groups excluding tert-OH is 2. The number of carbonyl (C=O) groups excluding carboxylic acids is 2. The fraction of sp³-hybridized carbons (Fsp3) is 0.667. The summed E-state index contributed by atoms with van der Waals surface area (Å²) in [5, 5.41) is 23.6. The summed E-state index contributed by atoms with van der Waals surface area (Å²) in [6, 6.07) is -0.728. The van der Waals surface area contributed by atoms with Crippen molar-refractivity contribution in [1.29, 1.82) is 0 Å². The quantitative estimate of drug-likeness (QED) is 0.0246. The summed E-state index contributed by atoms with van der Waals surface area (Å²) in [5.41, 5.74) is 0. The number of unbranched alkanes of at least 4 members (excludes halogenated alkanes) is 17. The minimum absolute atomic E-state index is 0.0243. The van der Waals surface area contributed by atoms with E-state index in [1.165, 1.54) is 64.2 Å². The molecule has 0 fully saturated rings. The molecule has 0 radical (unpaired) electrons. The summed E-state index contributed by atoms with van der Waals surface area (Å²) >= 11 is 0. The number of nitrogens with one attached hydrogen (secondary N) is 1. The second-order valence-corrected chi connectivity index (χ2v) is 16.2. The van der Waals surface area contributed by atoms with Gasteiger partial charge in [0.15, 0.2) is 0 Å². The second kappa shape index (κ2) is 46.8. The van der Waals surface area contributed by atoms with Gasteiger partial charge in [-0.25, -0.2) is 0 Å². The fourth-order valence-electron chi connectivity index (χ4n) is 6.78. The zero-order valence-corrected chi connectivity index (χ0v) is 38.8. The van der Waals surface area contributed by atoms with Crippen molar-refractivity contribution in [3.8, 4) is 0 Å². The van der Waals surface area contributed by atoms with Gasteiger partial charge >= 0.3 is 5.97 Å². The average molecular weight is 834 g/mol. The van der Waals surface area contributed by atoms with Gasteiger partial charge in [0, 0.05) is 6.42 Å². The lowest BCUT2D eigenvalue weighted by Gasteiger charge is -2.24. The summed E-state index contributed by atoms with van der Waals surface area (Å²) in [5.74, 6) is -0.565. The Kier molecular flexibility index (Phi) is 44.3. The first-order valence-electron chi connectivity index (χ1n) is 24.5. The van der Waals surface area contributed by atoms with Crippen molar-refractivity contribution in [2.75, 3.05) is 6.61 Å². The van der Waals surface area contributed by atoms with Crippen LogP contribution in [-0.2, 0) is 14.3 Å². The Labute approximate surface area is 369 Å².